The van der Waals surface area contributed by atoms with Crippen LogP contribution >= 0.6 is 11.6 Å². The molecule has 11 nitrogen and oxygen atoms in total. The average Bonchev–Trinajstić information content (AvgIpc) is 3.32. The number of hydrogen-bond donors (Lipinski definition) is 1. The molecule has 1 saturated heterocycles. The van der Waals surface area contributed by atoms with Crippen LogP contribution in [0.25, 0.3) is 16.8 Å². The van der Waals surface area contributed by atoms with Gasteiger partial charge in [0.25, 0.3) is 15.6 Å². The van der Waals surface area contributed by atoms with Crippen molar-refractivity contribution >= 4 is 33.0 Å². The van der Waals surface area contributed by atoms with Gasteiger partial charge in [-0.1, -0.05) is 11.6 Å². The van der Waals surface area contributed by atoms with Gasteiger partial charge in [-0.25, -0.2) is 22.8 Å². The van der Waals surface area contributed by atoms with Gasteiger partial charge in [0.15, 0.2) is 0 Å². The summed E-state index contributed by atoms with van der Waals surface area (Å²) in [4.78, 5) is 24.0. The number of benzene rings is 1. The molecule has 0 radical (unpaired) electrons. The third-order valence-electron chi connectivity index (χ3n) is 7.40. The number of pyridine rings is 2. The van der Waals surface area contributed by atoms with E-state index in [0.717, 1.165) is 31.0 Å². The first-order valence-corrected chi connectivity index (χ1v) is 15.4. The second-order valence-electron chi connectivity index (χ2n) is 10.2. The molecule has 1 N–H and O–H groups in total. The van der Waals surface area contributed by atoms with Crippen LogP contribution in [0.2, 0.25) is 5.02 Å². The van der Waals surface area contributed by atoms with Gasteiger partial charge in [0.1, 0.15) is 28.7 Å². The van der Waals surface area contributed by atoms with Crippen molar-refractivity contribution in [2.45, 2.75) is 36.7 Å². The van der Waals surface area contributed by atoms with Crippen molar-refractivity contribution in [3.8, 4) is 22.8 Å². The lowest BCUT2D eigenvalue weighted by Gasteiger charge is -2.27. The van der Waals surface area contributed by atoms with Gasteiger partial charge in [0.2, 0.25) is 11.6 Å². The Morgan fingerprint density at radius 3 is 2.65 bits per heavy atom. The van der Waals surface area contributed by atoms with E-state index in [9.17, 15) is 17.6 Å². The number of nitrogens with zero attached hydrogens (tertiary/aromatic N) is 4. The molecular weight excluding hydrogens is 601 g/mol. The van der Waals surface area contributed by atoms with Gasteiger partial charge in [-0.3, -0.25) is 18.8 Å². The van der Waals surface area contributed by atoms with E-state index >= 15 is 0 Å². The highest BCUT2D eigenvalue weighted by atomic mass is 35.5. The Balaban J connectivity index is 1.40. The standard InChI is InChI=1S/C29H31ClFN5O6S/c1-18-4-7-22(17-40-2)35(18)10-11-42-25-15-32-27-9-5-19(16-36(27)29(25)37)20-12-24(28(41-3)33-14-20)34-43(38,39)26-8-6-21(31)13-23(26)30/h5-6,8-9,12-16,18,22,34H,4,7,10-11,17H2,1-3H3. The summed E-state index contributed by atoms with van der Waals surface area (Å²) >= 11 is 5.99. The quantitative estimate of drug-likeness (QED) is 0.259. The highest BCUT2D eigenvalue weighted by molar-refractivity contribution is 7.92. The molecule has 0 bridgehead atoms. The molecule has 1 aliphatic heterocycles. The van der Waals surface area contributed by atoms with Crippen LogP contribution in [-0.2, 0) is 14.8 Å². The predicted octanol–water partition coefficient (Wildman–Crippen LogP) is 4.24. The van der Waals surface area contributed by atoms with Crippen LogP contribution in [0.4, 0.5) is 10.1 Å². The fourth-order valence-corrected chi connectivity index (χ4v) is 6.81. The first-order valence-electron chi connectivity index (χ1n) is 13.5. The van der Waals surface area contributed by atoms with Crippen molar-refractivity contribution < 1.29 is 27.0 Å². The highest BCUT2D eigenvalue weighted by Crippen LogP contribution is 2.32. The van der Waals surface area contributed by atoms with E-state index in [1.165, 1.54) is 30.0 Å². The minimum absolute atomic E-state index is 0.000859. The number of ether oxygens (including phenoxy) is 3. The Bertz CT molecular complexity index is 1800. The second-order valence-corrected chi connectivity index (χ2v) is 12.2. The van der Waals surface area contributed by atoms with E-state index in [1.54, 1.807) is 25.4 Å². The first-order chi connectivity index (χ1) is 20.6. The van der Waals surface area contributed by atoms with Crippen molar-refractivity contribution in [2.24, 2.45) is 0 Å². The Hall–Kier alpha value is -3.78. The van der Waals surface area contributed by atoms with E-state index in [4.69, 9.17) is 25.8 Å². The molecular formula is C29H31ClFN5O6S. The zero-order valence-electron chi connectivity index (χ0n) is 23.8. The summed E-state index contributed by atoms with van der Waals surface area (Å²) in [7, 11) is -1.19. The number of fused-ring (bicyclic) bond motifs is 1. The monoisotopic (exact) mass is 631 g/mol. The van der Waals surface area contributed by atoms with Crippen LogP contribution in [0.1, 0.15) is 19.8 Å². The van der Waals surface area contributed by atoms with Crippen LogP contribution < -0.4 is 19.8 Å². The maximum absolute atomic E-state index is 13.5. The van der Waals surface area contributed by atoms with Crippen molar-refractivity contribution in [1.29, 1.82) is 0 Å². The zero-order chi connectivity index (χ0) is 30.7. The molecule has 2 unspecified atom stereocenters. The molecule has 3 aromatic heterocycles. The molecule has 2 atom stereocenters. The van der Waals surface area contributed by atoms with E-state index in [2.05, 4.69) is 26.5 Å². The molecule has 228 valence electrons. The fraction of sp³-hybridized carbons (Fsp3) is 0.345. The lowest BCUT2D eigenvalue weighted by atomic mass is 10.1. The van der Waals surface area contributed by atoms with Gasteiger partial charge in [-0.2, -0.15) is 0 Å². The SMILES string of the molecule is COCC1CCC(C)N1CCOc1cnc2ccc(-c3cnc(OC)c(NS(=O)(=O)c4ccc(F)cc4Cl)c3)cn2c1=O. The molecule has 1 aromatic carbocycles. The van der Waals surface area contributed by atoms with Crippen molar-refractivity contribution in [2.75, 3.05) is 38.7 Å². The Morgan fingerprint density at radius 2 is 1.91 bits per heavy atom. The molecule has 0 aliphatic carbocycles. The number of rotatable bonds is 11. The lowest BCUT2D eigenvalue weighted by Crippen LogP contribution is -2.40. The van der Waals surface area contributed by atoms with E-state index in [0.29, 0.717) is 48.6 Å². The molecule has 0 saturated carbocycles. The summed E-state index contributed by atoms with van der Waals surface area (Å²) in [5, 5.41) is -0.278. The van der Waals surface area contributed by atoms with Crippen LogP contribution in [0.3, 0.4) is 0 Å². The van der Waals surface area contributed by atoms with Gasteiger partial charge >= 0.3 is 0 Å². The molecule has 0 spiro atoms. The van der Waals surface area contributed by atoms with E-state index in [1.807, 2.05) is 0 Å². The Kier molecular flexibility index (Phi) is 9.16. The molecule has 0 amide bonds. The van der Waals surface area contributed by atoms with Gasteiger partial charge < -0.3 is 14.2 Å². The molecule has 4 heterocycles. The summed E-state index contributed by atoms with van der Waals surface area (Å²) in [6.45, 7) is 3.79. The minimum Gasteiger partial charge on any atom is -0.485 e. The van der Waals surface area contributed by atoms with Crippen LogP contribution in [0.5, 0.6) is 11.6 Å². The number of methoxy groups -OCH3 is 2. The van der Waals surface area contributed by atoms with Gasteiger partial charge in [-0.15, -0.1) is 0 Å². The van der Waals surface area contributed by atoms with E-state index in [-0.39, 0.29) is 32.8 Å². The molecule has 14 heteroatoms. The second kappa shape index (κ2) is 12.8. The predicted molar refractivity (Wildman–Crippen MR) is 160 cm³/mol. The number of halogens is 2. The third kappa shape index (κ3) is 6.59. The lowest BCUT2D eigenvalue weighted by molar-refractivity contribution is 0.0885. The molecule has 4 aromatic rings. The van der Waals surface area contributed by atoms with Gasteiger partial charge in [-0.05, 0) is 56.2 Å². The molecule has 1 fully saturated rings. The van der Waals surface area contributed by atoms with Crippen LogP contribution in [0, 0.1) is 5.82 Å². The number of nitrogens with one attached hydrogen (secondary N) is 1. The summed E-state index contributed by atoms with van der Waals surface area (Å²) < 4.78 is 59.9. The maximum Gasteiger partial charge on any atom is 0.300 e. The van der Waals surface area contributed by atoms with Crippen molar-refractivity contribution in [3.63, 3.8) is 0 Å². The zero-order valence-corrected chi connectivity index (χ0v) is 25.4. The number of aromatic nitrogens is 3. The average molecular weight is 632 g/mol. The normalized spacial score (nSPS) is 17.3. The van der Waals surface area contributed by atoms with Gasteiger partial charge in [0.05, 0.1) is 24.9 Å². The van der Waals surface area contributed by atoms with Crippen molar-refractivity contribution in [1.82, 2.24) is 19.3 Å². The fourth-order valence-electron chi connectivity index (χ4n) is 5.23. The van der Waals surface area contributed by atoms with Crippen LogP contribution in [0.15, 0.2) is 64.7 Å². The van der Waals surface area contributed by atoms with Crippen LogP contribution in [-0.4, -0.2) is 73.7 Å². The number of hydrogen-bond acceptors (Lipinski definition) is 9. The number of anilines is 1. The Labute approximate surface area is 253 Å². The molecule has 5 rings (SSSR count). The van der Waals surface area contributed by atoms with Gasteiger partial charge in [0, 0.05) is 49.3 Å². The van der Waals surface area contributed by atoms with Crippen molar-refractivity contribution in [3.05, 3.63) is 76.2 Å². The number of sulfonamides is 1. The maximum atomic E-state index is 13.5. The third-order valence-corrected chi connectivity index (χ3v) is 9.24. The summed E-state index contributed by atoms with van der Waals surface area (Å²) in [6, 6.07) is 8.59. The minimum atomic E-state index is -4.23. The Morgan fingerprint density at radius 1 is 1.09 bits per heavy atom. The number of likely N-dealkylation sites (tertiary alicyclic amines) is 1. The summed E-state index contributed by atoms with van der Waals surface area (Å²) in [6.07, 6.45) is 6.61. The topological polar surface area (TPSA) is 124 Å². The molecule has 1 aliphatic rings. The smallest absolute Gasteiger partial charge is 0.300 e. The highest BCUT2D eigenvalue weighted by Gasteiger charge is 2.30. The largest absolute Gasteiger partial charge is 0.485 e. The summed E-state index contributed by atoms with van der Waals surface area (Å²) in [5.74, 6) is -0.556. The summed E-state index contributed by atoms with van der Waals surface area (Å²) in [5.41, 5.74) is 1.07. The van der Waals surface area contributed by atoms with E-state index < -0.39 is 15.8 Å². The first kappa shape index (κ1) is 30.7. The molecule has 43 heavy (non-hydrogen) atoms.